The number of nitrogens with zero attached hydrogens (tertiary/aromatic N) is 3. The molecule has 0 saturated heterocycles. The topological polar surface area (TPSA) is 83.3 Å². The molecule has 0 spiro atoms. The van der Waals surface area contributed by atoms with E-state index in [1.54, 1.807) is 11.1 Å². The molecule has 39 heavy (non-hydrogen) atoms. The molecule has 0 saturated carbocycles. The van der Waals surface area contributed by atoms with E-state index >= 15 is 0 Å². The van der Waals surface area contributed by atoms with Gasteiger partial charge in [-0.1, -0.05) is 69.7 Å². The van der Waals surface area contributed by atoms with Crippen LogP contribution in [0.15, 0.2) is 66.9 Å². The van der Waals surface area contributed by atoms with Gasteiger partial charge in [0, 0.05) is 24.7 Å². The standard InChI is InChI=1S/C33H39N3O3/c1-7-8-14-30(37)36(31(23(2)3)32(38)39-33(4,5)6)22-24-15-18-29(35-21-24)28-19-26(16-17-27(28)20-34)25-12-10-9-11-13-25/h9-13,15-19,21,23,31H,7-8,14,22H2,1-6H3. The number of rotatable bonds is 10. The van der Waals surface area contributed by atoms with Crippen molar-refractivity contribution >= 4 is 11.9 Å². The van der Waals surface area contributed by atoms with Crippen molar-refractivity contribution in [2.75, 3.05) is 0 Å². The third kappa shape index (κ3) is 8.00. The smallest absolute Gasteiger partial charge is 0.329 e. The predicted molar refractivity (Wildman–Crippen MR) is 154 cm³/mol. The lowest BCUT2D eigenvalue weighted by molar-refractivity contribution is -0.167. The second kappa shape index (κ2) is 13.2. The van der Waals surface area contributed by atoms with Crippen molar-refractivity contribution in [2.45, 2.75) is 79.0 Å². The molecule has 1 heterocycles. The number of benzene rings is 2. The SMILES string of the molecule is CCCCC(=O)N(Cc1ccc(-c2cc(-c3ccccc3)ccc2C#N)nc1)C(C(=O)OC(C)(C)C)C(C)C. The maximum Gasteiger partial charge on any atom is 0.329 e. The molecule has 6 heteroatoms. The van der Waals surface area contributed by atoms with Crippen molar-refractivity contribution in [2.24, 2.45) is 5.92 Å². The highest BCUT2D eigenvalue weighted by atomic mass is 16.6. The lowest BCUT2D eigenvalue weighted by atomic mass is 9.97. The van der Waals surface area contributed by atoms with Crippen molar-refractivity contribution in [3.05, 3.63) is 78.0 Å². The molecule has 2 aromatic carbocycles. The van der Waals surface area contributed by atoms with E-state index in [0.717, 1.165) is 35.1 Å². The summed E-state index contributed by atoms with van der Waals surface area (Å²) < 4.78 is 5.71. The average molecular weight is 526 g/mol. The Balaban J connectivity index is 1.93. The van der Waals surface area contributed by atoms with E-state index in [0.29, 0.717) is 17.7 Å². The number of carbonyl (C=O) groups is 2. The van der Waals surface area contributed by atoms with E-state index in [9.17, 15) is 14.9 Å². The molecule has 1 atom stereocenters. The number of unbranched alkanes of at least 4 members (excludes halogenated alkanes) is 1. The second-order valence-corrected chi connectivity index (χ2v) is 11.1. The first-order chi connectivity index (χ1) is 18.5. The van der Waals surface area contributed by atoms with E-state index in [-0.39, 0.29) is 18.4 Å². The molecule has 0 N–H and O–H groups in total. The Bertz CT molecular complexity index is 1300. The van der Waals surface area contributed by atoms with Gasteiger partial charge in [-0.15, -0.1) is 0 Å². The fraction of sp³-hybridized carbons (Fsp3) is 0.394. The van der Waals surface area contributed by atoms with Crippen LogP contribution in [0.3, 0.4) is 0 Å². The Kier molecular flexibility index (Phi) is 10.0. The molecule has 0 aliphatic heterocycles. The van der Waals surface area contributed by atoms with Crippen molar-refractivity contribution in [1.82, 2.24) is 9.88 Å². The fourth-order valence-electron chi connectivity index (χ4n) is 4.47. The highest BCUT2D eigenvalue weighted by molar-refractivity contribution is 5.85. The Morgan fingerprint density at radius 1 is 1.03 bits per heavy atom. The Hall–Kier alpha value is -3.98. The number of ether oxygens (including phenoxy) is 1. The molecule has 6 nitrogen and oxygen atoms in total. The number of carbonyl (C=O) groups excluding carboxylic acids is 2. The van der Waals surface area contributed by atoms with Crippen LogP contribution in [0.1, 0.15) is 71.9 Å². The van der Waals surface area contributed by atoms with Gasteiger partial charge in [-0.05, 0) is 68.0 Å². The number of amides is 1. The van der Waals surface area contributed by atoms with E-state index in [4.69, 9.17) is 4.74 Å². The predicted octanol–water partition coefficient (Wildman–Crippen LogP) is 7.17. The average Bonchev–Trinajstić information content (AvgIpc) is 2.90. The molecular weight excluding hydrogens is 486 g/mol. The van der Waals surface area contributed by atoms with Gasteiger partial charge in [-0.2, -0.15) is 5.26 Å². The van der Waals surface area contributed by atoms with Crippen molar-refractivity contribution in [3.63, 3.8) is 0 Å². The van der Waals surface area contributed by atoms with Crippen LogP contribution < -0.4 is 0 Å². The molecule has 0 aliphatic carbocycles. The van der Waals surface area contributed by atoms with Gasteiger partial charge < -0.3 is 9.64 Å². The lowest BCUT2D eigenvalue weighted by Gasteiger charge is -2.35. The largest absolute Gasteiger partial charge is 0.458 e. The van der Waals surface area contributed by atoms with Crippen LogP contribution in [0, 0.1) is 17.2 Å². The zero-order valence-electron chi connectivity index (χ0n) is 23.9. The number of esters is 1. The molecule has 204 valence electrons. The van der Waals surface area contributed by atoms with E-state index in [2.05, 4.69) is 11.1 Å². The molecule has 1 amide bonds. The van der Waals surface area contributed by atoms with Gasteiger partial charge in [0.25, 0.3) is 0 Å². The number of aromatic nitrogens is 1. The van der Waals surface area contributed by atoms with Gasteiger partial charge in [0.15, 0.2) is 0 Å². The van der Waals surface area contributed by atoms with Gasteiger partial charge in [-0.25, -0.2) is 4.79 Å². The van der Waals surface area contributed by atoms with E-state index < -0.39 is 17.6 Å². The number of hydrogen-bond donors (Lipinski definition) is 0. The lowest BCUT2D eigenvalue weighted by Crippen LogP contribution is -2.49. The Morgan fingerprint density at radius 2 is 1.74 bits per heavy atom. The summed E-state index contributed by atoms with van der Waals surface area (Å²) in [6.45, 7) is 11.6. The zero-order chi connectivity index (χ0) is 28.6. The second-order valence-electron chi connectivity index (χ2n) is 11.1. The molecule has 1 unspecified atom stereocenters. The first-order valence-electron chi connectivity index (χ1n) is 13.6. The molecule has 0 fully saturated rings. The molecule has 0 aliphatic rings. The summed E-state index contributed by atoms with van der Waals surface area (Å²) >= 11 is 0. The first kappa shape index (κ1) is 29.6. The minimum atomic E-state index is -0.707. The van der Waals surface area contributed by atoms with Gasteiger partial charge in [0.2, 0.25) is 5.91 Å². The zero-order valence-corrected chi connectivity index (χ0v) is 23.9. The van der Waals surface area contributed by atoms with Crippen LogP contribution in [0.25, 0.3) is 22.4 Å². The van der Waals surface area contributed by atoms with Gasteiger partial charge in [0.05, 0.1) is 17.3 Å². The van der Waals surface area contributed by atoms with Gasteiger partial charge >= 0.3 is 5.97 Å². The normalized spacial score (nSPS) is 12.1. The molecular formula is C33H39N3O3. The van der Waals surface area contributed by atoms with Gasteiger partial charge in [0.1, 0.15) is 11.6 Å². The monoisotopic (exact) mass is 525 g/mol. The summed E-state index contributed by atoms with van der Waals surface area (Å²) in [5.74, 6) is -0.604. The summed E-state index contributed by atoms with van der Waals surface area (Å²) in [5, 5.41) is 9.73. The maximum atomic E-state index is 13.3. The number of hydrogen-bond acceptors (Lipinski definition) is 5. The van der Waals surface area contributed by atoms with Gasteiger partial charge in [-0.3, -0.25) is 9.78 Å². The van der Waals surface area contributed by atoms with Crippen LogP contribution in [-0.4, -0.2) is 33.4 Å². The fourth-order valence-corrected chi connectivity index (χ4v) is 4.47. The Labute approximate surface area is 232 Å². The van der Waals surface area contributed by atoms with Crippen LogP contribution in [0.4, 0.5) is 0 Å². The van der Waals surface area contributed by atoms with Crippen LogP contribution >= 0.6 is 0 Å². The highest BCUT2D eigenvalue weighted by Crippen LogP contribution is 2.29. The quantitative estimate of drug-likeness (QED) is 0.262. The molecule has 3 rings (SSSR count). The molecule has 0 radical (unpaired) electrons. The molecule has 3 aromatic rings. The third-order valence-corrected chi connectivity index (χ3v) is 6.38. The molecule has 0 bridgehead atoms. The first-order valence-corrected chi connectivity index (χ1v) is 13.6. The summed E-state index contributed by atoms with van der Waals surface area (Å²) in [6.07, 6.45) is 3.72. The minimum Gasteiger partial charge on any atom is -0.458 e. The Morgan fingerprint density at radius 3 is 2.31 bits per heavy atom. The summed E-state index contributed by atoms with van der Waals surface area (Å²) in [5.41, 5.74) is 4.16. The summed E-state index contributed by atoms with van der Waals surface area (Å²) in [6, 6.07) is 21.1. The summed E-state index contributed by atoms with van der Waals surface area (Å²) in [7, 11) is 0. The number of nitriles is 1. The van der Waals surface area contributed by atoms with E-state index in [1.807, 2.05) is 102 Å². The highest BCUT2D eigenvalue weighted by Gasteiger charge is 2.35. The molecule has 1 aromatic heterocycles. The van der Waals surface area contributed by atoms with Crippen LogP contribution in [-0.2, 0) is 20.9 Å². The maximum absolute atomic E-state index is 13.3. The third-order valence-electron chi connectivity index (χ3n) is 6.38. The van der Waals surface area contributed by atoms with Crippen molar-refractivity contribution in [3.8, 4) is 28.5 Å². The van der Waals surface area contributed by atoms with Crippen LogP contribution in [0.5, 0.6) is 0 Å². The van der Waals surface area contributed by atoms with Crippen LogP contribution in [0.2, 0.25) is 0 Å². The van der Waals surface area contributed by atoms with Crippen molar-refractivity contribution in [1.29, 1.82) is 5.26 Å². The minimum absolute atomic E-state index is 0.0761. The van der Waals surface area contributed by atoms with E-state index in [1.165, 1.54) is 0 Å². The van der Waals surface area contributed by atoms with Crippen molar-refractivity contribution < 1.29 is 14.3 Å². The summed E-state index contributed by atoms with van der Waals surface area (Å²) in [4.78, 5) is 32.8. The number of pyridine rings is 1.